The summed E-state index contributed by atoms with van der Waals surface area (Å²) >= 11 is 0. The molecule has 3 heterocycles. The summed E-state index contributed by atoms with van der Waals surface area (Å²) < 4.78 is 3.87. The quantitative estimate of drug-likeness (QED) is 0.289. The fraction of sp³-hybridized carbons (Fsp3) is 0.364. The largest absolute Gasteiger partial charge is 0.356 e. The highest BCUT2D eigenvalue weighted by molar-refractivity contribution is 14.0. The molecule has 0 unspecified atom stereocenters. The van der Waals surface area contributed by atoms with Crippen molar-refractivity contribution >= 4 is 41.5 Å². The van der Waals surface area contributed by atoms with Crippen molar-refractivity contribution in [3.8, 4) is 0 Å². The molecule has 0 saturated carbocycles. The average molecular weight is 548 g/mol. The Hall–Kier alpha value is -2.89. The molecule has 2 aromatic heterocycles. The van der Waals surface area contributed by atoms with Crippen molar-refractivity contribution < 1.29 is 4.79 Å². The molecule has 3 aromatic rings. The zero-order chi connectivity index (χ0) is 21.6. The van der Waals surface area contributed by atoms with E-state index in [0.29, 0.717) is 19.6 Å². The van der Waals surface area contributed by atoms with E-state index in [1.54, 1.807) is 22.8 Å². The van der Waals surface area contributed by atoms with Gasteiger partial charge in [0.1, 0.15) is 12.4 Å². The number of anilines is 1. The van der Waals surface area contributed by atoms with Gasteiger partial charge < -0.3 is 19.7 Å². The van der Waals surface area contributed by atoms with Crippen molar-refractivity contribution in [1.82, 2.24) is 29.5 Å². The van der Waals surface area contributed by atoms with Crippen molar-refractivity contribution in [3.05, 3.63) is 66.5 Å². The Morgan fingerprint density at radius 2 is 2.03 bits per heavy atom. The van der Waals surface area contributed by atoms with Crippen LogP contribution in [0.5, 0.6) is 0 Å². The number of amides is 1. The highest BCUT2D eigenvalue weighted by Gasteiger charge is 2.27. The standard InChI is InChI=1S/C22H28N8O.HI/c1-23-22(29-12-13-30(21(31)17-29)19-14-26-27(2)16-19)25-9-8-20-24-10-11-28(20)15-18-6-4-3-5-7-18;/h3-7,10-11,14,16H,8-9,12-13,15,17H2,1-2H3,(H,23,25);1H. The Bertz CT molecular complexity index is 1050. The number of benzene rings is 1. The van der Waals surface area contributed by atoms with Gasteiger partial charge in [0.15, 0.2) is 5.96 Å². The first kappa shape index (κ1) is 23.8. The zero-order valence-electron chi connectivity index (χ0n) is 18.4. The molecule has 1 aliphatic heterocycles. The molecule has 0 atom stereocenters. The van der Waals surface area contributed by atoms with E-state index in [-0.39, 0.29) is 36.4 Å². The molecule has 1 saturated heterocycles. The van der Waals surface area contributed by atoms with Crippen molar-refractivity contribution in [2.24, 2.45) is 12.0 Å². The molecule has 0 radical (unpaired) electrons. The lowest BCUT2D eigenvalue weighted by Crippen LogP contribution is -2.55. The summed E-state index contributed by atoms with van der Waals surface area (Å²) in [6.45, 7) is 3.10. The third-order valence-electron chi connectivity index (χ3n) is 5.36. The highest BCUT2D eigenvalue weighted by Crippen LogP contribution is 2.16. The van der Waals surface area contributed by atoms with Crippen LogP contribution in [0.3, 0.4) is 0 Å². The second kappa shape index (κ2) is 11.1. The number of nitrogens with zero attached hydrogens (tertiary/aromatic N) is 7. The van der Waals surface area contributed by atoms with Crippen molar-refractivity contribution in [1.29, 1.82) is 0 Å². The molecule has 1 amide bonds. The topological polar surface area (TPSA) is 83.6 Å². The number of rotatable bonds is 6. The Morgan fingerprint density at radius 1 is 1.22 bits per heavy atom. The number of guanidine groups is 1. The third kappa shape index (κ3) is 5.67. The van der Waals surface area contributed by atoms with E-state index in [0.717, 1.165) is 30.4 Å². The van der Waals surface area contributed by atoms with Crippen LogP contribution in [0.4, 0.5) is 5.69 Å². The highest BCUT2D eigenvalue weighted by atomic mass is 127. The second-order valence-electron chi connectivity index (χ2n) is 7.52. The van der Waals surface area contributed by atoms with Crippen LogP contribution in [0.1, 0.15) is 11.4 Å². The minimum absolute atomic E-state index is 0. The minimum atomic E-state index is 0. The summed E-state index contributed by atoms with van der Waals surface area (Å²) in [5, 5.41) is 7.54. The van der Waals surface area contributed by atoms with Gasteiger partial charge in [0.05, 0.1) is 11.9 Å². The number of aromatic nitrogens is 4. The van der Waals surface area contributed by atoms with Crippen LogP contribution < -0.4 is 10.2 Å². The van der Waals surface area contributed by atoms with E-state index in [9.17, 15) is 4.79 Å². The Labute approximate surface area is 205 Å². The number of carbonyl (C=O) groups is 1. The van der Waals surface area contributed by atoms with Gasteiger partial charge in [-0.1, -0.05) is 30.3 Å². The fourth-order valence-corrected chi connectivity index (χ4v) is 3.79. The molecule has 1 fully saturated rings. The van der Waals surface area contributed by atoms with Crippen LogP contribution in [0.15, 0.2) is 60.1 Å². The smallest absolute Gasteiger partial charge is 0.246 e. The second-order valence-corrected chi connectivity index (χ2v) is 7.52. The lowest BCUT2D eigenvalue weighted by atomic mass is 10.2. The summed E-state index contributed by atoms with van der Waals surface area (Å²) in [5.41, 5.74) is 2.08. The predicted octanol–water partition coefficient (Wildman–Crippen LogP) is 1.75. The van der Waals surface area contributed by atoms with E-state index in [1.165, 1.54) is 5.56 Å². The Kier molecular flexibility index (Phi) is 8.26. The lowest BCUT2D eigenvalue weighted by molar-refractivity contribution is -0.120. The van der Waals surface area contributed by atoms with E-state index in [2.05, 4.69) is 37.1 Å². The third-order valence-corrected chi connectivity index (χ3v) is 5.36. The monoisotopic (exact) mass is 548 g/mol. The van der Waals surface area contributed by atoms with E-state index in [1.807, 2.05) is 48.7 Å². The zero-order valence-corrected chi connectivity index (χ0v) is 20.7. The number of nitrogens with one attached hydrogen (secondary N) is 1. The van der Waals surface area contributed by atoms with Gasteiger partial charge in [-0.25, -0.2) is 4.98 Å². The molecule has 0 bridgehead atoms. The Balaban J connectivity index is 0.00000289. The molecule has 10 heteroatoms. The number of carbonyl (C=O) groups excluding carboxylic acids is 1. The van der Waals surface area contributed by atoms with Crippen LogP contribution in [0.25, 0.3) is 0 Å². The van der Waals surface area contributed by atoms with Gasteiger partial charge in [-0.15, -0.1) is 24.0 Å². The normalized spacial score (nSPS) is 14.4. The molecule has 1 aliphatic rings. The summed E-state index contributed by atoms with van der Waals surface area (Å²) in [5.74, 6) is 1.80. The molecule has 9 nitrogen and oxygen atoms in total. The van der Waals surface area contributed by atoms with Gasteiger partial charge in [0.2, 0.25) is 5.91 Å². The predicted molar refractivity (Wildman–Crippen MR) is 135 cm³/mol. The van der Waals surface area contributed by atoms with E-state index >= 15 is 0 Å². The molecule has 1 aromatic carbocycles. The Morgan fingerprint density at radius 3 is 2.72 bits per heavy atom. The van der Waals surface area contributed by atoms with Crippen LogP contribution >= 0.6 is 24.0 Å². The minimum Gasteiger partial charge on any atom is -0.356 e. The first-order chi connectivity index (χ1) is 15.1. The van der Waals surface area contributed by atoms with Crippen LogP contribution in [0.2, 0.25) is 0 Å². The van der Waals surface area contributed by atoms with Crippen LogP contribution in [-0.2, 0) is 24.8 Å². The van der Waals surface area contributed by atoms with Gasteiger partial charge in [-0.3, -0.25) is 14.5 Å². The molecule has 0 aliphatic carbocycles. The molecule has 32 heavy (non-hydrogen) atoms. The summed E-state index contributed by atoms with van der Waals surface area (Å²) in [4.78, 5) is 25.3. The fourth-order valence-electron chi connectivity index (χ4n) is 3.79. The molecule has 4 rings (SSSR count). The maximum atomic E-state index is 12.7. The molecule has 1 N–H and O–H groups in total. The van der Waals surface area contributed by atoms with Crippen molar-refractivity contribution in [2.75, 3.05) is 38.1 Å². The number of imidazole rings is 1. The van der Waals surface area contributed by atoms with Gasteiger partial charge >= 0.3 is 0 Å². The number of halogens is 1. The summed E-state index contributed by atoms with van der Waals surface area (Å²) in [6.07, 6.45) is 8.19. The SMILES string of the molecule is CN=C(NCCc1nccn1Cc1ccccc1)N1CCN(c2cnn(C)c2)C(=O)C1.I. The van der Waals surface area contributed by atoms with Gasteiger partial charge in [0.25, 0.3) is 0 Å². The molecular formula is C22H29IN8O. The molecule has 170 valence electrons. The number of piperazine rings is 1. The van der Waals surface area contributed by atoms with Crippen LogP contribution in [-0.4, -0.2) is 69.3 Å². The van der Waals surface area contributed by atoms with E-state index < -0.39 is 0 Å². The number of aryl methyl sites for hydroxylation is 1. The number of hydrogen-bond acceptors (Lipinski definition) is 4. The van der Waals surface area contributed by atoms with Gasteiger partial charge in [-0.2, -0.15) is 5.10 Å². The lowest BCUT2D eigenvalue weighted by Gasteiger charge is -2.35. The summed E-state index contributed by atoms with van der Waals surface area (Å²) in [6, 6.07) is 10.4. The van der Waals surface area contributed by atoms with Crippen molar-refractivity contribution in [2.45, 2.75) is 13.0 Å². The summed E-state index contributed by atoms with van der Waals surface area (Å²) in [7, 11) is 3.60. The van der Waals surface area contributed by atoms with Gasteiger partial charge in [0, 0.05) is 65.3 Å². The first-order valence-electron chi connectivity index (χ1n) is 10.4. The molecule has 0 spiro atoms. The van der Waals surface area contributed by atoms with E-state index in [4.69, 9.17) is 0 Å². The number of hydrogen-bond donors (Lipinski definition) is 1. The van der Waals surface area contributed by atoms with Crippen molar-refractivity contribution in [3.63, 3.8) is 0 Å². The maximum absolute atomic E-state index is 12.7. The van der Waals surface area contributed by atoms with Gasteiger partial charge in [-0.05, 0) is 5.56 Å². The average Bonchev–Trinajstić information content (AvgIpc) is 3.41. The van der Waals surface area contributed by atoms with Crippen LogP contribution in [0, 0.1) is 0 Å². The number of aliphatic imine (C=N–C) groups is 1. The maximum Gasteiger partial charge on any atom is 0.246 e. The molecular weight excluding hydrogens is 519 g/mol. The first-order valence-corrected chi connectivity index (χ1v) is 10.4.